The summed E-state index contributed by atoms with van der Waals surface area (Å²) in [6.45, 7) is 3.37. The number of aliphatic hydroxyl groups excluding tert-OH is 2. The smallest absolute Gasteiger partial charge is 0.321 e. The maximum atomic E-state index is 13.4. The first-order valence-corrected chi connectivity index (χ1v) is 17.5. The molecule has 4 heterocycles. The van der Waals surface area contributed by atoms with Crippen molar-refractivity contribution in [2.45, 2.75) is 44.6 Å². The number of carboxylic acid groups (broad SMARTS) is 1. The fourth-order valence-corrected chi connectivity index (χ4v) is 6.83. The quantitative estimate of drug-likeness (QED) is 0.104. The molecule has 0 spiro atoms. The molecule has 4 aromatic rings. The average molecular weight is 754 g/mol. The highest BCUT2D eigenvalue weighted by atomic mass is 16.8. The maximum Gasteiger partial charge on any atom is 0.321 e. The molecule has 1 aromatic heterocycles. The Kier molecular flexibility index (Phi) is 10.6. The van der Waals surface area contributed by atoms with E-state index in [0.717, 1.165) is 22.3 Å². The van der Waals surface area contributed by atoms with E-state index >= 15 is 0 Å². The Hall–Kier alpha value is -5.84. The molecule has 5 N–H and O–H groups in total. The number of aryl methyl sites for hydroxylation is 2. The van der Waals surface area contributed by atoms with Crippen LogP contribution in [0.1, 0.15) is 16.7 Å². The number of carboxylic acids is 1. The number of nitrogens with zero attached hydrogens (tertiary/aromatic N) is 2. The molecular weight excluding hydrogens is 714 g/mol. The summed E-state index contributed by atoms with van der Waals surface area (Å²) in [5, 5.41) is 46.5. The third kappa shape index (κ3) is 7.61. The minimum absolute atomic E-state index is 0.0514. The summed E-state index contributed by atoms with van der Waals surface area (Å²) < 4.78 is 23.5. The molecule has 0 unspecified atom stereocenters. The van der Waals surface area contributed by atoms with E-state index < -0.39 is 55.2 Å². The first kappa shape index (κ1) is 37.5. The number of carbonyl (C=O) groups excluding carboxylic acids is 1. The van der Waals surface area contributed by atoms with E-state index in [0.29, 0.717) is 17.0 Å². The summed E-state index contributed by atoms with van der Waals surface area (Å²) in [5.74, 6) is -3.80. The van der Waals surface area contributed by atoms with Crippen molar-refractivity contribution < 1.29 is 53.5 Å². The van der Waals surface area contributed by atoms with Crippen LogP contribution in [0, 0.1) is 19.8 Å². The second kappa shape index (κ2) is 15.5. The predicted molar refractivity (Wildman–Crippen MR) is 198 cm³/mol. The molecule has 7 rings (SSSR count). The lowest BCUT2D eigenvalue weighted by Gasteiger charge is -2.43. The number of aliphatic hydroxyl groups is 2. The zero-order valence-corrected chi connectivity index (χ0v) is 30.0. The fraction of sp³-hybridized carbons (Fsp3) is 0.300. The van der Waals surface area contributed by atoms with E-state index in [2.05, 4.69) is 10.3 Å². The van der Waals surface area contributed by atoms with E-state index in [9.17, 15) is 34.8 Å². The second-order valence-corrected chi connectivity index (χ2v) is 13.6. The van der Waals surface area contributed by atoms with E-state index in [1.807, 2.05) is 38.1 Å². The summed E-state index contributed by atoms with van der Waals surface area (Å²) in [6.07, 6.45) is -2.71. The van der Waals surface area contributed by atoms with Gasteiger partial charge >= 0.3 is 11.9 Å². The van der Waals surface area contributed by atoms with Crippen molar-refractivity contribution in [3.8, 4) is 22.6 Å². The molecule has 15 nitrogen and oxygen atoms in total. The molecule has 55 heavy (non-hydrogen) atoms. The maximum absolute atomic E-state index is 13.4. The Bertz CT molecular complexity index is 2260. The molecule has 0 saturated carbocycles. The summed E-state index contributed by atoms with van der Waals surface area (Å²) in [6, 6.07) is 16.6. The molecule has 3 aliphatic rings. The van der Waals surface area contributed by atoms with E-state index in [4.69, 9.17) is 23.5 Å². The minimum atomic E-state index is -1.68. The average Bonchev–Trinajstić information content (AvgIpc) is 3.74. The van der Waals surface area contributed by atoms with E-state index in [1.165, 1.54) is 43.6 Å². The van der Waals surface area contributed by atoms with Crippen LogP contribution >= 0.6 is 0 Å². The molecule has 3 aliphatic heterocycles. The van der Waals surface area contributed by atoms with Crippen molar-refractivity contribution in [2.24, 2.45) is 10.9 Å². The van der Waals surface area contributed by atoms with Crippen LogP contribution in [-0.4, -0.2) is 101 Å². The van der Waals surface area contributed by atoms with Gasteiger partial charge in [0.2, 0.25) is 6.29 Å². The van der Waals surface area contributed by atoms with Crippen molar-refractivity contribution in [3.05, 3.63) is 111 Å². The highest BCUT2D eigenvalue weighted by molar-refractivity contribution is 5.94. The molecular formula is C40H39N3O12. The molecule has 3 aromatic carbocycles. The summed E-state index contributed by atoms with van der Waals surface area (Å²) in [4.78, 5) is 48.8. The lowest BCUT2D eigenvalue weighted by atomic mass is 9.99. The molecule has 15 heteroatoms. The number of aromatic hydroxyl groups is 1. The number of hydrogen-bond acceptors (Lipinski definition) is 14. The SMILES string of the molecule is CNC[C@@H](C(=O)O)C(=O)OC[C@@H]1O[C@H](Oc2ccc3c(=O)c(-c4ccc(O)cc4)coc3c2)[C@@H](ON2CC3=CC=NC3=C2c2cc(C)cc(C)c2)[C@H](O)[C@H]1O. The van der Waals surface area contributed by atoms with Crippen LogP contribution in [0.5, 0.6) is 11.5 Å². The largest absolute Gasteiger partial charge is 0.508 e. The zero-order valence-electron chi connectivity index (χ0n) is 30.0. The Morgan fingerprint density at radius 1 is 1.02 bits per heavy atom. The van der Waals surface area contributed by atoms with Crippen LogP contribution in [-0.2, 0) is 23.9 Å². The number of benzene rings is 3. The van der Waals surface area contributed by atoms with Gasteiger partial charge in [-0.1, -0.05) is 29.3 Å². The standard InChI is InChI=1S/C40H39N3O12/c1-20-12-21(2)14-24(13-20)33-32-23(10-11-42-32)17-43(33)55-37-36(47)35(46)31(19-52-39(50)28(16-41-3)38(48)49)54-40(37)53-26-8-9-27-30(15-26)51-18-29(34(27)45)22-4-6-25(44)7-5-22/h4-15,18,28,31,35-37,40-41,44,46-47H,16-17,19H2,1-3H3,(H,48,49)/t28-,31-,35-,36+,37-,40-/m0/s1. The number of aliphatic imine (C=N–C) groups is 1. The van der Waals surface area contributed by atoms with Gasteiger partial charge in [-0.3, -0.25) is 24.2 Å². The Morgan fingerprint density at radius 3 is 2.47 bits per heavy atom. The molecule has 0 amide bonds. The van der Waals surface area contributed by atoms with Crippen LogP contribution in [0.4, 0.5) is 0 Å². The molecule has 0 radical (unpaired) electrons. The minimum Gasteiger partial charge on any atom is -0.508 e. The summed E-state index contributed by atoms with van der Waals surface area (Å²) >= 11 is 0. The number of esters is 1. The number of aliphatic carboxylic acids is 1. The van der Waals surface area contributed by atoms with Crippen LogP contribution in [0.3, 0.4) is 0 Å². The summed E-state index contributed by atoms with van der Waals surface area (Å²) in [7, 11) is 1.49. The van der Waals surface area contributed by atoms with Gasteiger partial charge < -0.3 is 44.4 Å². The number of rotatable bonds is 12. The predicted octanol–water partition coefficient (Wildman–Crippen LogP) is 3.07. The fourth-order valence-electron chi connectivity index (χ4n) is 6.83. The van der Waals surface area contributed by atoms with Gasteiger partial charge in [0.25, 0.3) is 0 Å². The van der Waals surface area contributed by atoms with Gasteiger partial charge in [-0.2, -0.15) is 0 Å². The van der Waals surface area contributed by atoms with Crippen molar-refractivity contribution in [3.63, 3.8) is 0 Å². The highest BCUT2D eigenvalue weighted by Gasteiger charge is 2.49. The van der Waals surface area contributed by atoms with Gasteiger partial charge in [0.15, 0.2) is 17.5 Å². The van der Waals surface area contributed by atoms with Gasteiger partial charge in [0.05, 0.1) is 28.9 Å². The molecule has 0 bridgehead atoms. The topological polar surface area (TPSA) is 210 Å². The second-order valence-electron chi connectivity index (χ2n) is 13.6. The highest BCUT2D eigenvalue weighted by Crippen LogP contribution is 2.40. The van der Waals surface area contributed by atoms with Crippen molar-refractivity contribution in [1.29, 1.82) is 0 Å². The molecule has 286 valence electrons. The number of allylic oxidation sites excluding steroid dienone is 1. The van der Waals surface area contributed by atoms with Crippen LogP contribution in [0.15, 0.2) is 98.5 Å². The van der Waals surface area contributed by atoms with Gasteiger partial charge in [0, 0.05) is 30.0 Å². The van der Waals surface area contributed by atoms with Gasteiger partial charge in [0.1, 0.15) is 48.3 Å². The van der Waals surface area contributed by atoms with Crippen LogP contribution < -0.4 is 15.5 Å². The monoisotopic (exact) mass is 753 g/mol. The number of ether oxygens (including phenoxy) is 3. The molecule has 1 saturated heterocycles. The normalized spacial score (nSPS) is 22.5. The molecule has 0 aliphatic carbocycles. The van der Waals surface area contributed by atoms with Gasteiger partial charge in [-0.25, -0.2) is 5.06 Å². The van der Waals surface area contributed by atoms with E-state index in [1.54, 1.807) is 23.4 Å². The van der Waals surface area contributed by atoms with Crippen molar-refractivity contribution in [2.75, 3.05) is 26.7 Å². The number of hydrogen-bond donors (Lipinski definition) is 5. The third-order valence-corrected chi connectivity index (χ3v) is 9.52. The molecule has 1 fully saturated rings. The number of fused-ring (bicyclic) bond motifs is 2. The number of hydroxylamine groups is 2. The van der Waals surface area contributed by atoms with Gasteiger partial charge in [-0.05, 0) is 68.9 Å². The number of nitrogens with one attached hydrogen (secondary N) is 1. The first-order valence-electron chi connectivity index (χ1n) is 17.5. The number of phenolic OH excluding ortho intramolecular Hbond substituents is 1. The van der Waals surface area contributed by atoms with Crippen LogP contribution in [0.2, 0.25) is 0 Å². The number of carbonyl (C=O) groups is 2. The zero-order chi connectivity index (χ0) is 39.0. The lowest BCUT2D eigenvalue weighted by Crippen LogP contribution is -2.62. The Labute approximate surface area is 314 Å². The number of phenols is 1. The first-order chi connectivity index (χ1) is 26.4. The Balaban J connectivity index is 1.20. The lowest BCUT2D eigenvalue weighted by molar-refractivity contribution is -0.323. The third-order valence-electron chi connectivity index (χ3n) is 9.52. The molecule has 6 atom stereocenters. The summed E-state index contributed by atoms with van der Waals surface area (Å²) in [5.41, 5.74) is 5.70. The van der Waals surface area contributed by atoms with Gasteiger partial charge in [-0.15, -0.1) is 0 Å². The van der Waals surface area contributed by atoms with Crippen molar-refractivity contribution in [1.82, 2.24) is 10.4 Å². The van der Waals surface area contributed by atoms with Crippen molar-refractivity contribution >= 4 is 34.8 Å². The van der Waals surface area contributed by atoms with E-state index in [-0.39, 0.29) is 46.6 Å². The van der Waals surface area contributed by atoms with Crippen LogP contribution in [0.25, 0.3) is 27.8 Å². The Morgan fingerprint density at radius 2 is 1.76 bits per heavy atom.